The second-order valence-electron chi connectivity index (χ2n) is 7.74. The van der Waals surface area contributed by atoms with E-state index in [2.05, 4.69) is 0 Å². The molecule has 6 nitrogen and oxygen atoms in total. The lowest BCUT2D eigenvalue weighted by molar-refractivity contribution is -0.158. The van der Waals surface area contributed by atoms with Crippen LogP contribution < -0.4 is 0 Å². The third-order valence-corrected chi connectivity index (χ3v) is 5.78. The first-order chi connectivity index (χ1) is 14.1. The van der Waals surface area contributed by atoms with Crippen LogP contribution in [-0.2, 0) is 23.8 Å². The normalized spacial score (nSPS) is 21.8. The Morgan fingerprint density at radius 2 is 1.86 bits per heavy atom. The molecule has 3 rings (SSSR count). The summed E-state index contributed by atoms with van der Waals surface area (Å²) in [6.07, 6.45) is 2.19. The van der Waals surface area contributed by atoms with Crippen LogP contribution in [-0.4, -0.2) is 49.9 Å². The van der Waals surface area contributed by atoms with Crippen molar-refractivity contribution in [3.8, 4) is 0 Å². The number of benzene rings is 1. The molecule has 0 bridgehead atoms. The number of carbonyl (C=O) groups is 2. The molecule has 1 aliphatic heterocycles. The molecule has 2 aliphatic rings. The van der Waals surface area contributed by atoms with Gasteiger partial charge in [0.25, 0.3) is 0 Å². The maximum atomic E-state index is 12.9. The molecule has 0 radical (unpaired) electrons. The monoisotopic (exact) mass is 402 g/mol. The SMILES string of the molecule is CCC(CCOCCOC)C1OC(=O)C(C(c2ccccc2)C2CC2)=C(O)C1=O. The van der Waals surface area contributed by atoms with E-state index < -0.39 is 23.6 Å². The predicted octanol–water partition coefficient (Wildman–Crippen LogP) is 3.57. The first kappa shape index (κ1) is 21.5. The van der Waals surface area contributed by atoms with E-state index in [1.54, 1.807) is 7.11 Å². The van der Waals surface area contributed by atoms with Crippen molar-refractivity contribution in [1.82, 2.24) is 0 Å². The van der Waals surface area contributed by atoms with Gasteiger partial charge in [0.1, 0.15) is 0 Å². The summed E-state index contributed by atoms with van der Waals surface area (Å²) in [6, 6.07) is 9.57. The minimum atomic E-state index is -0.960. The van der Waals surface area contributed by atoms with Crippen molar-refractivity contribution in [1.29, 1.82) is 0 Å². The predicted molar refractivity (Wildman–Crippen MR) is 108 cm³/mol. The molecule has 3 unspecified atom stereocenters. The molecule has 0 aromatic heterocycles. The third kappa shape index (κ3) is 5.06. The molecule has 1 N–H and O–H groups in total. The van der Waals surface area contributed by atoms with Gasteiger partial charge in [-0.25, -0.2) is 4.79 Å². The van der Waals surface area contributed by atoms with Gasteiger partial charge in [0, 0.05) is 25.6 Å². The summed E-state index contributed by atoms with van der Waals surface area (Å²) in [5.74, 6) is -1.75. The zero-order valence-electron chi connectivity index (χ0n) is 17.1. The molecule has 1 aromatic carbocycles. The lowest BCUT2D eigenvalue weighted by Crippen LogP contribution is -2.42. The maximum Gasteiger partial charge on any atom is 0.339 e. The first-order valence-corrected chi connectivity index (χ1v) is 10.4. The number of aliphatic hydroxyl groups is 1. The number of cyclic esters (lactones) is 1. The topological polar surface area (TPSA) is 82.1 Å². The maximum absolute atomic E-state index is 12.9. The van der Waals surface area contributed by atoms with E-state index in [0.29, 0.717) is 32.7 Å². The van der Waals surface area contributed by atoms with Crippen LogP contribution in [0.5, 0.6) is 0 Å². The molecule has 1 aromatic rings. The van der Waals surface area contributed by atoms with Crippen LogP contribution >= 0.6 is 0 Å². The van der Waals surface area contributed by atoms with Gasteiger partial charge >= 0.3 is 5.97 Å². The summed E-state index contributed by atoms with van der Waals surface area (Å²) in [6.45, 7) is 3.35. The summed E-state index contributed by atoms with van der Waals surface area (Å²) >= 11 is 0. The lowest BCUT2D eigenvalue weighted by atomic mass is 9.82. The van der Waals surface area contributed by atoms with E-state index in [4.69, 9.17) is 14.2 Å². The second kappa shape index (κ2) is 10.0. The van der Waals surface area contributed by atoms with Crippen molar-refractivity contribution in [2.45, 2.75) is 44.6 Å². The highest BCUT2D eigenvalue weighted by atomic mass is 16.6. The lowest BCUT2D eigenvalue weighted by Gasteiger charge is -2.31. The van der Waals surface area contributed by atoms with Crippen molar-refractivity contribution >= 4 is 11.8 Å². The number of aliphatic hydroxyl groups excluding tert-OH is 1. The molecule has 1 aliphatic carbocycles. The number of Topliss-reactive ketones (excluding diaryl/α,β-unsaturated/α-hetero) is 1. The van der Waals surface area contributed by atoms with Gasteiger partial charge in [-0.2, -0.15) is 0 Å². The van der Waals surface area contributed by atoms with E-state index in [0.717, 1.165) is 18.4 Å². The Kier molecular flexibility index (Phi) is 7.45. The molecule has 1 saturated carbocycles. The molecule has 0 amide bonds. The number of methoxy groups -OCH3 is 1. The quantitative estimate of drug-likeness (QED) is 0.450. The van der Waals surface area contributed by atoms with Crippen LogP contribution in [0.15, 0.2) is 41.7 Å². The Morgan fingerprint density at radius 3 is 2.48 bits per heavy atom. The first-order valence-electron chi connectivity index (χ1n) is 10.4. The Morgan fingerprint density at radius 1 is 1.14 bits per heavy atom. The Hall–Kier alpha value is -2.18. The number of ether oxygens (including phenoxy) is 3. The minimum absolute atomic E-state index is 0.117. The fourth-order valence-electron chi connectivity index (χ4n) is 3.99. The molecule has 3 atom stereocenters. The van der Waals surface area contributed by atoms with Gasteiger partial charge in [-0.3, -0.25) is 4.79 Å². The van der Waals surface area contributed by atoms with Crippen molar-refractivity contribution in [3.05, 3.63) is 47.2 Å². The van der Waals surface area contributed by atoms with Gasteiger partial charge in [-0.1, -0.05) is 37.3 Å². The van der Waals surface area contributed by atoms with Gasteiger partial charge in [0.2, 0.25) is 5.78 Å². The fraction of sp³-hybridized carbons (Fsp3) is 0.565. The summed E-state index contributed by atoms with van der Waals surface area (Å²) in [7, 11) is 1.61. The largest absolute Gasteiger partial charge is 0.504 e. The summed E-state index contributed by atoms with van der Waals surface area (Å²) in [5, 5.41) is 10.8. The fourth-order valence-corrected chi connectivity index (χ4v) is 3.99. The highest BCUT2D eigenvalue weighted by Gasteiger charge is 2.46. The van der Waals surface area contributed by atoms with Crippen LogP contribution in [0.25, 0.3) is 0 Å². The molecule has 1 heterocycles. The summed E-state index contributed by atoms with van der Waals surface area (Å²) in [5.41, 5.74) is 1.05. The summed E-state index contributed by atoms with van der Waals surface area (Å²) in [4.78, 5) is 25.9. The van der Waals surface area contributed by atoms with Crippen LogP contribution in [0.4, 0.5) is 0 Å². The van der Waals surface area contributed by atoms with Crippen molar-refractivity contribution in [2.24, 2.45) is 11.8 Å². The average molecular weight is 402 g/mol. The molecular weight excluding hydrogens is 372 g/mol. The zero-order chi connectivity index (χ0) is 20.8. The van der Waals surface area contributed by atoms with Crippen molar-refractivity contribution in [3.63, 3.8) is 0 Å². The molecule has 0 spiro atoms. The van der Waals surface area contributed by atoms with Gasteiger partial charge in [0.15, 0.2) is 11.9 Å². The van der Waals surface area contributed by atoms with E-state index in [-0.39, 0.29) is 23.3 Å². The molecular formula is C23H30O6. The van der Waals surface area contributed by atoms with E-state index in [1.807, 2.05) is 37.3 Å². The van der Waals surface area contributed by atoms with Crippen LogP contribution in [0.3, 0.4) is 0 Å². The van der Waals surface area contributed by atoms with E-state index in [1.165, 1.54) is 0 Å². The number of rotatable bonds is 11. The van der Waals surface area contributed by atoms with E-state index >= 15 is 0 Å². The minimum Gasteiger partial charge on any atom is -0.504 e. The number of ketones is 1. The second-order valence-corrected chi connectivity index (χ2v) is 7.74. The summed E-state index contributed by atoms with van der Waals surface area (Å²) < 4.78 is 16.0. The van der Waals surface area contributed by atoms with Crippen molar-refractivity contribution in [2.75, 3.05) is 26.9 Å². The van der Waals surface area contributed by atoms with Gasteiger partial charge < -0.3 is 19.3 Å². The van der Waals surface area contributed by atoms with Crippen molar-refractivity contribution < 1.29 is 28.9 Å². The molecule has 1 fully saturated rings. The smallest absolute Gasteiger partial charge is 0.339 e. The molecule has 0 saturated heterocycles. The Labute approximate surface area is 171 Å². The van der Waals surface area contributed by atoms with Gasteiger partial charge in [-0.15, -0.1) is 0 Å². The molecule has 29 heavy (non-hydrogen) atoms. The van der Waals surface area contributed by atoms with Crippen LogP contribution in [0.1, 0.15) is 44.1 Å². The average Bonchev–Trinajstić information content (AvgIpc) is 3.57. The molecule has 6 heteroatoms. The zero-order valence-corrected chi connectivity index (χ0v) is 17.1. The highest BCUT2D eigenvalue weighted by molar-refractivity contribution is 6.09. The molecule has 158 valence electrons. The van der Waals surface area contributed by atoms with E-state index in [9.17, 15) is 14.7 Å². The number of hydrogen-bond donors (Lipinski definition) is 1. The van der Waals surface area contributed by atoms with Gasteiger partial charge in [0.05, 0.1) is 18.8 Å². The standard InChI is InChI=1S/C23H30O6/c1-3-15(11-12-28-14-13-27-2)22-21(25)20(24)19(23(26)29-22)18(17-9-10-17)16-7-5-4-6-8-16/h4-8,15,17-18,22,24H,3,9-14H2,1-2H3. The van der Waals surface area contributed by atoms with Crippen LogP contribution in [0, 0.1) is 11.8 Å². The number of esters is 1. The highest BCUT2D eigenvalue weighted by Crippen LogP contribution is 2.48. The number of hydrogen-bond acceptors (Lipinski definition) is 6. The van der Waals surface area contributed by atoms with Crippen LogP contribution in [0.2, 0.25) is 0 Å². The number of carbonyl (C=O) groups excluding carboxylic acids is 2. The Bertz CT molecular complexity index is 737. The third-order valence-electron chi connectivity index (χ3n) is 5.78. The van der Waals surface area contributed by atoms with Gasteiger partial charge in [-0.05, 0) is 37.2 Å². The Balaban J connectivity index is 1.77.